The van der Waals surface area contributed by atoms with Crippen LogP contribution in [0.25, 0.3) is 0 Å². The third-order valence-corrected chi connectivity index (χ3v) is 3.44. The normalized spacial score (nSPS) is 11.4. The predicted octanol–water partition coefficient (Wildman–Crippen LogP) is 1.67. The summed E-state index contributed by atoms with van der Waals surface area (Å²) in [6, 6.07) is 4.80. The topological polar surface area (TPSA) is 71.4 Å². The van der Waals surface area contributed by atoms with E-state index < -0.39 is 15.8 Å². The van der Waals surface area contributed by atoms with E-state index in [0.29, 0.717) is 5.56 Å². The molecule has 0 saturated carbocycles. The first-order valence-corrected chi connectivity index (χ1v) is 7.26. The Hall–Kier alpha value is -1.36. The van der Waals surface area contributed by atoms with Crippen LogP contribution in [0.3, 0.4) is 0 Å². The molecule has 0 aliphatic carbocycles. The van der Waals surface area contributed by atoms with Gasteiger partial charge in [-0.3, -0.25) is 4.79 Å². The van der Waals surface area contributed by atoms with E-state index in [4.69, 9.17) is 5.11 Å². The van der Waals surface area contributed by atoms with Gasteiger partial charge in [-0.1, -0.05) is 19.4 Å². The number of carboxylic acids is 1. The van der Waals surface area contributed by atoms with Gasteiger partial charge in [0, 0.05) is 6.26 Å². The number of rotatable bonds is 5. The number of carboxylic acid groups (broad SMARTS) is 1. The zero-order valence-corrected chi connectivity index (χ0v) is 10.8. The molecule has 0 saturated heterocycles. The Morgan fingerprint density at radius 1 is 1.24 bits per heavy atom. The molecular formula is C12H16O4S. The molecule has 0 heterocycles. The van der Waals surface area contributed by atoms with Gasteiger partial charge in [0.25, 0.3) is 0 Å². The first kappa shape index (κ1) is 13.7. The van der Waals surface area contributed by atoms with Gasteiger partial charge in [-0.25, -0.2) is 8.42 Å². The highest BCUT2D eigenvalue weighted by Gasteiger charge is 2.11. The van der Waals surface area contributed by atoms with E-state index in [1.54, 1.807) is 12.1 Å². The summed E-state index contributed by atoms with van der Waals surface area (Å²) in [6.07, 6.45) is 2.61. The van der Waals surface area contributed by atoms with Crippen molar-refractivity contribution in [1.82, 2.24) is 0 Å². The van der Waals surface area contributed by atoms with Crippen molar-refractivity contribution in [3.05, 3.63) is 29.3 Å². The van der Waals surface area contributed by atoms with Crippen molar-refractivity contribution in [2.24, 2.45) is 0 Å². The average Bonchev–Trinajstić information content (AvgIpc) is 2.15. The molecule has 0 aromatic heterocycles. The SMILES string of the molecule is CCCc1cc(CC(=O)O)cc(S(C)(=O)=O)c1. The lowest BCUT2D eigenvalue weighted by Crippen LogP contribution is -2.04. The van der Waals surface area contributed by atoms with Crippen LogP contribution < -0.4 is 0 Å². The molecule has 0 aliphatic rings. The van der Waals surface area contributed by atoms with Crippen LogP contribution >= 0.6 is 0 Å². The van der Waals surface area contributed by atoms with Crippen LogP contribution in [-0.4, -0.2) is 25.7 Å². The maximum atomic E-state index is 11.5. The summed E-state index contributed by atoms with van der Waals surface area (Å²) < 4.78 is 23.0. The maximum Gasteiger partial charge on any atom is 0.307 e. The minimum Gasteiger partial charge on any atom is -0.481 e. The Morgan fingerprint density at radius 2 is 1.82 bits per heavy atom. The van der Waals surface area contributed by atoms with E-state index in [1.165, 1.54) is 6.07 Å². The van der Waals surface area contributed by atoms with Crippen LogP contribution in [-0.2, 0) is 27.5 Å². The average molecular weight is 256 g/mol. The Morgan fingerprint density at radius 3 is 2.29 bits per heavy atom. The van der Waals surface area contributed by atoms with E-state index >= 15 is 0 Å². The fourth-order valence-electron chi connectivity index (χ4n) is 1.65. The summed E-state index contributed by atoms with van der Waals surface area (Å²) in [5.41, 5.74) is 1.40. The molecule has 5 heteroatoms. The van der Waals surface area contributed by atoms with E-state index in [-0.39, 0.29) is 11.3 Å². The van der Waals surface area contributed by atoms with Crippen LogP contribution in [0.4, 0.5) is 0 Å². The smallest absolute Gasteiger partial charge is 0.307 e. The van der Waals surface area contributed by atoms with E-state index in [1.807, 2.05) is 6.92 Å². The molecule has 0 aliphatic heterocycles. The van der Waals surface area contributed by atoms with Crippen molar-refractivity contribution in [2.75, 3.05) is 6.26 Å². The molecule has 0 radical (unpaired) electrons. The van der Waals surface area contributed by atoms with Crippen LogP contribution in [0.5, 0.6) is 0 Å². The zero-order valence-electron chi connectivity index (χ0n) is 9.93. The molecule has 0 bridgehead atoms. The van der Waals surface area contributed by atoms with Crippen molar-refractivity contribution in [3.8, 4) is 0 Å². The lowest BCUT2D eigenvalue weighted by Gasteiger charge is -2.07. The van der Waals surface area contributed by atoms with Gasteiger partial charge in [0.2, 0.25) is 0 Å². The Balaban J connectivity index is 3.23. The second-order valence-corrected chi connectivity index (χ2v) is 6.09. The third-order valence-electron chi connectivity index (χ3n) is 2.35. The minimum atomic E-state index is -3.29. The molecule has 94 valence electrons. The second kappa shape index (κ2) is 5.31. The third kappa shape index (κ3) is 4.19. The highest BCUT2D eigenvalue weighted by atomic mass is 32.2. The Kier molecular flexibility index (Phi) is 4.28. The highest BCUT2D eigenvalue weighted by molar-refractivity contribution is 7.90. The molecule has 0 atom stereocenters. The second-order valence-electron chi connectivity index (χ2n) is 4.08. The number of carbonyl (C=O) groups is 1. The quantitative estimate of drug-likeness (QED) is 0.869. The Bertz CT molecular complexity index is 517. The fraction of sp³-hybridized carbons (Fsp3) is 0.417. The molecule has 1 aromatic carbocycles. The summed E-state index contributed by atoms with van der Waals surface area (Å²) >= 11 is 0. The first-order valence-electron chi connectivity index (χ1n) is 5.37. The van der Waals surface area contributed by atoms with Gasteiger partial charge < -0.3 is 5.11 Å². The molecule has 1 N–H and O–H groups in total. The van der Waals surface area contributed by atoms with Crippen LogP contribution in [0.1, 0.15) is 24.5 Å². The zero-order chi connectivity index (χ0) is 13.1. The van der Waals surface area contributed by atoms with Gasteiger partial charge in [-0.2, -0.15) is 0 Å². The summed E-state index contributed by atoms with van der Waals surface area (Å²) in [7, 11) is -3.29. The molecule has 0 spiro atoms. The van der Waals surface area contributed by atoms with Gasteiger partial charge in [0.15, 0.2) is 9.84 Å². The van der Waals surface area contributed by atoms with Crippen molar-refractivity contribution < 1.29 is 18.3 Å². The van der Waals surface area contributed by atoms with Crippen LogP contribution in [0.15, 0.2) is 23.1 Å². The van der Waals surface area contributed by atoms with Gasteiger partial charge in [0.1, 0.15) is 0 Å². The van der Waals surface area contributed by atoms with Gasteiger partial charge in [-0.05, 0) is 29.7 Å². The lowest BCUT2D eigenvalue weighted by molar-refractivity contribution is -0.136. The summed E-state index contributed by atoms with van der Waals surface area (Å²) in [4.78, 5) is 10.8. The van der Waals surface area contributed by atoms with E-state index in [9.17, 15) is 13.2 Å². The number of hydrogen-bond donors (Lipinski definition) is 1. The molecule has 0 unspecified atom stereocenters. The number of benzene rings is 1. The largest absolute Gasteiger partial charge is 0.481 e. The molecular weight excluding hydrogens is 240 g/mol. The van der Waals surface area contributed by atoms with Crippen LogP contribution in [0, 0.1) is 0 Å². The summed E-state index contributed by atoms with van der Waals surface area (Å²) in [5.74, 6) is -0.960. The van der Waals surface area contributed by atoms with Gasteiger partial charge in [0.05, 0.1) is 11.3 Å². The molecule has 1 rings (SSSR count). The van der Waals surface area contributed by atoms with Crippen molar-refractivity contribution >= 4 is 15.8 Å². The van der Waals surface area contributed by atoms with Gasteiger partial charge >= 0.3 is 5.97 Å². The fourth-order valence-corrected chi connectivity index (χ4v) is 2.38. The van der Waals surface area contributed by atoms with E-state index in [2.05, 4.69) is 0 Å². The number of aliphatic carboxylic acids is 1. The lowest BCUT2D eigenvalue weighted by atomic mass is 10.0. The predicted molar refractivity (Wildman–Crippen MR) is 64.9 cm³/mol. The standard InChI is InChI=1S/C12H16O4S/c1-3-4-9-5-10(8-12(13)14)7-11(6-9)17(2,15)16/h5-7H,3-4,8H2,1-2H3,(H,13,14). The number of hydrogen-bond acceptors (Lipinski definition) is 3. The molecule has 1 aromatic rings. The first-order chi connectivity index (χ1) is 7.82. The maximum absolute atomic E-state index is 11.5. The summed E-state index contributed by atoms with van der Waals surface area (Å²) in [6.45, 7) is 1.99. The summed E-state index contributed by atoms with van der Waals surface area (Å²) in [5, 5.41) is 8.73. The Labute approximate surface area is 101 Å². The molecule has 4 nitrogen and oxygen atoms in total. The van der Waals surface area contributed by atoms with Crippen LogP contribution in [0.2, 0.25) is 0 Å². The molecule has 17 heavy (non-hydrogen) atoms. The molecule has 0 fully saturated rings. The van der Waals surface area contributed by atoms with Gasteiger partial charge in [-0.15, -0.1) is 0 Å². The number of sulfone groups is 1. The van der Waals surface area contributed by atoms with Crippen molar-refractivity contribution in [1.29, 1.82) is 0 Å². The number of aryl methyl sites for hydroxylation is 1. The molecule has 0 amide bonds. The highest BCUT2D eigenvalue weighted by Crippen LogP contribution is 2.17. The minimum absolute atomic E-state index is 0.153. The van der Waals surface area contributed by atoms with Crippen molar-refractivity contribution in [3.63, 3.8) is 0 Å². The van der Waals surface area contributed by atoms with Crippen molar-refractivity contribution in [2.45, 2.75) is 31.1 Å². The van der Waals surface area contributed by atoms with E-state index in [0.717, 1.165) is 24.7 Å². The monoisotopic (exact) mass is 256 g/mol.